The molecule has 1 rings (SSSR count). The zero-order valence-electron chi connectivity index (χ0n) is 9.19. The van der Waals surface area contributed by atoms with Crippen molar-refractivity contribution in [2.45, 2.75) is 6.04 Å². The summed E-state index contributed by atoms with van der Waals surface area (Å²) in [5.74, 6) is -0.381. The highest BCUT2D eigenvalue weighted by Crippen LogP contribution is 2.25. The fourth-order valence-corrected chi connectivity index (χ4v) is 1.91. The second-order valence-electron chi connectivity index (χ2n) is 3.65. The molecule has 1 unspecified atom stereocenters. The Balaban J connectivity index is 2.90. The van der Waals surface area contributed by atoms with E-state index in [0.717, 1.165) is 5.56 Å². The van der Waals surface area contributed by atoms with Crippen LogP contribution in [-0.2, 0) is 4.79 Å². The van der Waals surface area contributed by atoms with E-state index >= 15 is 0 Å². The highest BCUT2D eigenvalue weighted by Gasteiger charge is 2.18. The van der Waals surface area contributed by atoms with E-state index in [2.05, 4.69) is 0 Å². The number of nitrogens with two attached hydrogens (primary N) is 2. The van der Waals surface area contributed by atoms with Gasteiger partial charge < -0.3 is 11.5 Å². The Bertz CT molecular complexity index is 370. The summed E-state index contributed by atoms with van der Waals surface area (Å²) in [7, 11) is 1.80. The average Bonchev–Trinajstić information content (AvgIpc) is 2.20. The van der Waals surface area contributed by atoms with Crippen molar-refractivity contribution in [3.05, 3.63) is 34.9 Å². The van der Waals surface area contributed by atoms with E-state index in [1.54, 1.807) is 18.0 Å². The number of nitrogens with zero attached hydrogens (tertiary/aromatic N) is 1. The summed E-state index contributed by atoms with van der Waals surface area (Å²) >= 11 is 6.08. The fourth-order valence-electron chi connectivity index (χ4n) is 1.65. The number of amides is 1. The number of likely N-dealkylation sites (N-methyl/N-ethyl adjacent to an activating group) is 1. The van der Waals surface area contributed by atoms with Gasteiger partial charge in [0.15, 0.2) is 0 Å². The standard InChI is InChI=1S/C11H16ClN3O/c1-15(7-11(14)16)10(6-13)8-4-2-3-5-9(8)12/h2-5,10H,6-7,13H2,1H3,(H2,14,16). The van der Waals surface area contributed by atoms with Crippen molar-refractivity contribution >= 4 is 17.5 Å². The van der Waals surface area contributed by atoms with Gasteiger partial charge in [-0.1, -0.05) is 29.8 Å². The fraction of sp³-hybridized carbons (Fsp3) is 0.364. The van der Waals surface area contributed by atoms with E-state index in [-0.39, 0.29) is 18.5 Å². The minimum Gasteiger partial charge on any atom is -0.369 e. The molecule has 0 aliphatic rings. The molecule has 0 aromatic heterocycles. The Morgan fingerprint density at radius 1 is 1.50 bits per heavy atom. The van der Waals surface area contributed by atoms with Crippen LogP contribution in [-0.4, -0.2) is 30.9 Å². The Morgan fingerprint density at radius 2 is 2.12 bits per heavy atom. The first kappa shape index (κ1) is 13.0. The van der Waals surface area contributed by atoms with Gasteiger partial charge in [0.2, 0.25) is 5.91 Å². The number of rotatable bonds is 5. The minimum absolute atomic E-state index is 0.0961. The van der Waals surface area contributed by atoms with E-state index in [0.29, 0.717) is 11.6 Å². The molecule has 0 saturated heterocycles. The maximum absolute atomic E-state index is 10.9. The van der Waals surface area contributed by atoms with Gasteiger partial charge in [0.05, 0.1) is 6.54 Å². The molecule has 0 aliphatic heterocycles. The van der Waals surface area contributed by atoms with E-state index in [4.69, 9.17) is 23.1 Å². The molecule has 1 atom stereocenters. The highest BCUT2D eigenvalue weighted by atomic mass is 35.5. The Morgan fingerprint density at radius 3 is 2.62 bits per heavy atom. The predicted octanol–water partition coefficient (Wildman–Crippen LogP) is 0.757. The number of carbonyl (C=O) groups is 1. The number of carbonyl (C=O) groups excluding carboxylic acids is 1. The van der Waals surface area contributed by atoms with Crippen LogP contribution in [0.4, 0.5) is 0 Å². The molecule has 0 saturated carbocycles. The van der Waals surface area contributed by atoms with Crippen LogP contribution in [0.1, 0.15) is 11.6 Å². The number of primary amides is 1. The van der Waals surface area contributed by atoms with Crippen LogP contribution in [0.3, 0.4) is 0 Å². The molecule has 0 aliphatic carbocycles. The van der Waals surface area contributed by atoms with E-state index in [1.807, 2.05) is 18.2 Å². The van der Waals surface area contributed by atoms with Gasteiger partial charge in [0, 0.05) is 17.6 Å². The lowest BCUT2D eigenvalue weighted by Gasteiger charge is -2.26. The summed E-state index contributed by atoms with van der Waals surface area (Å²) in [6.07, 6.45) is 0. The van der Waals surface area contributed by atoms with Crippen molar-refractivity contribution in [1.29, 1.82) is 0 Å². The van der Waals surface area contributed by atoms with Crippen molar-refractivity contribution in [1.82, 2.24) is 4.90 Å². The molecule has 4 N–H and O–H groups in total. The highest BCUT2D eigenvalue weighted by molar-refractivity contribution is 6.31. The monoisotopic (exact) mass is 241 g/mol. The summed E-state index contributed by atoms with van der Waals surface area (Å²) in [5.41, 5.74) is 11.8. The predicted molar refractivity (Wildman–Crippen MR) is 65.1 cm³/mol. The summed E-state index contributed by atoms with van der Waals surface area (Å²) in [6.45, 7) is 0.542. The maximum Gasteiger partial charge on any atom is 0.231 e. The van der Waals surface area contributed by atoms with Crippen LogP contribution >= 0.6 is 11.6 Å². The molecular weight excluding hydrogens is 226 g/mol. The summed E-state index contributed by atoms with van der Waals surface area (Å²) < 4.78 is 0. The van der Waals surface area contributed by atoms with Crippen molar-refractivity contribution in [2.75, 3.05) is 20.1 Å². The number of halogens is 1. The second-order valence-corrected chi connectivity index (χ2v) is 4.06. The van der Waals surface area contributed by atoms with Crippen LogP contribution in [0, 0.1) is 0 Å². The van der Waals surface area contributed by atoms with Crippen LogP contribution in [0.15, 0.2) is 24.3 Å². The molecule has 5 heteroatoms. The third-order valence-corrected chi connectivity index (χ3v) is 2.77. The lowest BCUT2D eigenvalue weighted by atomic mass is 10.1. The molecule has 0 heterocycles. The molecule has 0 spiro atoms. The van der Waals surface area contributed by atoms with Crippen molar-refractivity contribution < 1.29 is 4.79 Å². The Labute approximate surface area is 100 Å². The van der Waals surface area contributed by atoms with E-state index < -0.39 is 0 Å². The van der Waals surface area contributed by atoms with Gasteiger partial charge in [-0.15, -0.1) is 0 Å². The van der Waals surface area contributed by atoms with Crippen LogP contribution in [0.2, 0.25) is 5.02 Å². The molecule has 1 aromatic rings. The molecule has 0 bridgehead atoms. The lowest BCUT2D eigenvalue weighted by Crippen LogP contribution is -2.37. The average molecular weight is 242 g/mol. The SMILES string of the molecule is CN(CC(N)=O)C(CN)c1ccccc1Cl. The summed E-state index contributed by atoms with van der Waals surface area (Å²) in [5, 5.41) is 0.647. The smallest absolute Gasteiger partial charge is 0.231 e. The topological polar surface area (TPSA) is 72.3 Å². The second kappa shape index (κ2) is 5.84. The molecule has 88 valence electrons. The Hall–Kier alpha value is -1.10. The first-order valence-electron chi connectivity index (χ1n) is 4.99. The van der Waals surface area contributed by atoms with Gasteiger partial charge in [-0.3, -0.25) is 9.69 Å². The molecular formula is C11H16ClN3O. The maximum atomic E-state index is 10.9. The zero-order valence-corrected chi connectivity index (χ0v) is 9.95. The molecule has 16 heavy (non-hydrogen) atoms. The number of hydrogen-bond acceptors (Lipinski definition) is 3. The van der Waals surface area contributed by atoms with Crippen molar-refractivity contribution in [3.63, 3.8) is 0 Å². The third-order valence-electron chi connectivity index (χ3n) is 2.42. The van der Waals surface area contributed by atoms with E-state index in [1.165, 1.54) is 0 Å². The number of hydrogen-bond donors (Lipinski definition) is 2. The molecule has 1 amide bonds. The van der Waals surface area contributed by atoms with Gasteiger partial charge in [0.1, 0.15) is 0 Å². The van der Waals surface area contributed by atoms with Gasteiger partial charge in [-0.25, -0.2) is 0 Å². The molecule has 1 aromatic carbocycles. The first-order valence-corrected chi connectivity index (χ1v) is 5.37. The summed E-state index contributed by atoms with van der Waals surface area (Å²) in [4.78, 5) is 12.6. The van der Waals surface area contributed by atoms with Gasteiger partial charge in [-0.2, -0.15) is 0 Å². The van der Waals surface area contributed by atoms with Crippen LogP contribution in [0.5, 0.6) is 0 Å². The van der Waals surface area contributed by atoms with Gasteiger partial charge in [-0.05, 0) is 18.7 Å². The van der Waals surface area contributed by atoms with Gasteiger partial charge >= 0.3 is 0 Å². The normalized spacial score (nSPS) is 12.8. The lowest BCUT2D eigenvalue weighted by molar-refractivity contribution is -0.119. The third kappa shape index (κ3) is 3.20. The number of benzene rings is 1. The first-order chi connectivity index (χ1) is 7.56. The minimum atomic E-state index is -0.381. The van der Waals surface area contributed by atoms with E-state index in [9.17, 15) is 4.79 Å². The largest absolute Gasteiger partial charge is 0.369 e. The summed E-state index contributed by atoms with van der Waals surface area (Å²) in [6, 6.07) is 7.35. The molecule has 0 radical (unpaired) electrons. The Kier molecular flexibility index (Phi) is 4.73. The molecule has 0 fully saturated rings. The van der Waals surface area contributed by atoms with Gasteiger partial charge in [0.25, 0.3) is 0 Å². The van der Waals surface area contributed by atoms with Crippen LogP contribution < -0.4 is 11.5 Å². The van der Waals surface area contributed by atoms with Crippen LogP contribution in [0.25, 0.3) is 0 Å². The van der Waals surface area contributed by atoms with Crippen molar-refractivity contribution in [3.8, 4) is 0 Å². The zero-order chi connectivity index (χ0) is 12.1. The quantitative estimate of drug-likeness (QED) is 0.799. The van der Waals surface area contributed by atoms with Crippen molar-refractivity contribution in [2.24, 2.45) is 11.5 Å². The molecule has 4 nitrogen and oxygen atoms in total.